The van der Waals surface area contributed by atoms with E-state index in [1.54, 1.807) is 48.5 Å². The maximum Gasteiger partial charge on any atom is 0.264 e. The molecule has 3 rings (SSSR count). The maximum atomic E-state index is 12.9. The Kier molecular flexibility index (Phi) is 4.98. The standard InChI is InChI=1S/C21H19N3O2S/c1-15-4-9-19(10-5-15)27(25,26)24(3)18-8-6-16(2)20(12-18)21-11-7-17(13-22)14-23-21/h4-12,14H,1-3H3. The molecular weight excluding hydrogens is 358 g/mol. The van der Waals surface area contributed by atoms with E-state index in [1.165, 1.54) is 17.5 Å². The van der Waals surface area contributed by atoms with E-state index in [1.807, 2.05) is 26.0 Å². The van der Waals surface area contributed by atoms with Gasteiger partial charge in [-0.3, -0.25) is 9.29 Å². The smallest absolute Gasteiger partial charge is 0.264 e. The van der Waals surface area contributed by atoms with Crippen LogP contribution in [-0.4, -0.2) is 20.4 Å². The molecule has 0 spiro atoms. The second kappa shape index (κ2) is 7.22. The van der Waals surface area contributed by atoms with Crippen molar-refractivity contribution in [2.24, 2.45) is 0 Å². The first-order valence-electron chi connectivity index (χ1n) is 8.36. The number of nitrogens with zero attached hydrogens (tertiary/aromatic N) is 3. The van der Waals surface area contributed by atoms with Crippen LogP contribution in [0.2, 0.25) is 0 Å². The molecule has 3 aromatic rings. The zero-order valence-electron chi connectivity index (χ0n) is 15.3. The van der Waals surface area contributed by atoms with Crippen LogP contribution in [0.3, 0.4) is 0 Å². The van der Waals surface area contributed by atoms with Crippen molar-refractivity contribution in [1.29, 1.82) is 5.26 Å². The van der Waals surface area contributed by atoms with E-state index in [2.05, 4.69) is 4.98 Å². The summed E-state index contributed by atoms with van der Waals surface area (Å²) in [6.07, 6.45) is 1.51. The van der Waals surface area contributed by atoms with Gasteiger partial charge in [0.15, 0.2) is 0 Å². The van der Waals surface area contributed by atoms with Crippen molar-refractivity contribution < 1.29 is 8.42 Å². The van der Waals surface area contributed by atoms with Crippen LogP contribution in [0.5, 0.6) is 0 Å². The van der Waals surface area contributed by atoms with Gasteiger partial charge < -0.3 is 0 Å². The molecule has 0 aliphatic heterocycles. The maximum absolute atomic E-state index is 12.9. The highest BCUT2D eigenvalue weighted by atomic mass is 32.2. The van der Waals surface area contributed by atoms with Crippen molar-refractivity contribution >= 4 is 15.7 Å². The number of hydrogen-bond donors (Lipinski definition) is 0. The minimum absolute atomic E-state index is 0.245. The third-order valence-corrected chi connectivity index (χ3v) is 6.23. The number of aryl methyl sites for hydroxylation is 2. The molecule has 6 heteroatoms. The fourth-order valence-electron chi connectivity index (χ4n) is 2.71. The molecule has 0 unspecified atom stereocenters. The number of rotatable bonds is 4. The minimum Gasteiger partial charge on any atom is -0.269 e. The summed E-state index contributed by atoms with van der Waals surface area (Å²) < 4.78 is 27.1. The first-order chi connectivity index (χ1) is 12.8. The van der Waals surface area contributed by atoms with E-state index >= 15 is 0 Å². The zero-order chi connectivity index (χ0) is 19.6. The molecule has 0 fully saturated rings. The number of aromatic nitrogens is 1. The van der Waals surface area contributed by atoms with Crippen LogP contribution in [0, 0.1) is 25.2 Å². The lowest BCUT2D eigenvalue weighted by molar-refractivity contribution is 0.594. The molecule has 0 aliphatic carbocycles. The van der Waals surface area contributed by atoms with Crippen molar-refractivity contribution in [3.63, 3.8) is 0 Å². The fraction of sp³-hybridized carbons (Fsp3) is 0.143. The highest BCUT2D eigenvalue weighted by Gasteiger charge is 2.22. The summed E-state index contributed by atoms with van der Waals surface area (Å²) in [7, 11) is -2.12. The molecule has 1 aromatic heterocycles. The predicted molar refractivity (Wildman–Crippen MR) is 106 cm³/mol. The molecule has 0 saturated heterocycles. The number of benzene rings is 2. The third-order valence-electron chi connectivity index (χ3n) is 4.43. The monoisotopic (exact) mass is 377 g/mol. The zero-order valence-corrected chi connectivity index (χ0v) is 16.2. The Morgan fingerprint density at radius 1 is 1.00 bits per heavy atom. The summed E-state index contributed by atoms with van der Waals surface area (Å²) in [6, 6.07) is 17.7. The molecule has 0 bridgehead atoms. The van der Waals surface area contributed by atoms with Crippen molar-refractivity contribution in [1.82, 2.24) is 4.98 Å². The number of anilines is 1. The quantitative estimate of drug-likeness (QED) is 0.687. The van der Waals surface area contributed by atoms with Gasteiger partial charge in [0, 0.05) is 18.8 Å². The van der Waals surface area contributed by atoms with Gasteiger partial charge in [0.1, 0.15) is 6.07 Å². The number of sulfonamides is 1. The van der Waals surface area contributed by atoms with Gasteiger partial charge in [0.2, 0.25) is 0 Å². The lowest BCUT2D eigenvalue weighted by atomic mass is 10.0. The average molecular weight is 377 g/mol. The molecule has 1 heterocycles. The van der Waals surface area contributed by atoms with Crippen LogP contribution in [0.1, 0.15) is 16.7 Å². The summed E-state index contributed by atoms with van der Waals surface area (Å²) in [5.41, 5.74) is 4.50. The molecule has 0 saturated carbocycles. The summed E-state index contributed by atoms with van der Waals surface area (Å²) in [5, 5.41) is 8.92. The predicted octanol–water partition coefficient (Wildman–Crippen LogP) is 4.06. The van der Waals surface area contributed by atoms with Gasteiger partial charge in [-0.2, -0.15) is 5.26 Å². The Labute approximate surface area is 159 Å². The van der Waals surface area contributed by atoms with Crippen molar-refractivity contribution in [3.05, 3.63) is 77.5 Å². The molecule has 0 atom stereocenters. The number of pyridine rings is 1. The summed E-state index contributed by atoms with van der Waals surface area (Å²) in [4.78, 5) is 4.57. The summed E-state index contributed by atoms with van der Waals surface area (Å²) in [5.74, 6) is 0. The van der Waals surface area contributed by atoms with E-state index in [9.17, 15) is 8.42 Å². The molecule has 136 valence electrons. The van der Waals surface area contributed by atoms with Gasteiger partial charge in [0.25, 0.3) is 10.0 Å². The highest BCUT2D eigenvalue weighted by molar-refractivity contribution is 7.92. The first-order valence-corrected chi connectivity index (χ1v) is 9.80. The van der Waals surface area contributed by atoms with Crippen LogP contribution in [-0.2, 0) is 10.0 Å². The Balaban J connectivity index is 2.02. The second-order valence-electron chi connectivity index (χ2n) is 6.33. The van der Waals surface area contributed by atoms with Crippen molar-refractivity contribution in [2.75, 3.05) is 11.4 Å². The summed E-state index contributed by atoms with van der Waals surface area (Å²) >= 11 is 0. The van der Waals surface area contributed by atoms with E-state index in [0.717, 1.165) is 16.7 Å². The average Bonchev–Trinajstić information content (AvgIpc) is 2.68. The van der Waals surface area contributed by atoms with Crippen LogP contribution in [0.4, 0.5) is 5.69 Å². The lowest BCUT2D eigenvalue weighted by Crippen LogP contribution is -2.26. The Bertz CT molecular complexity index is 1110. The van der Waals surface area contributed by atoms with Crippen molar-refractivity contribution in [2.45, 2.75) is 18.7 Å². The second-order valence-corrected chi connectivity index (χ2v) is 8.30. The molecule has 27 heavy (non-hydrogen) atoms. The largest absolute Gasteiger partial charge is 0.269 e. The first kappa shape index (κ1) is 18.6. The van der Waals surface area contributed by atoms with E-state index in [4.69, 9.17) is 5.26 Å². The van der Waals surface area contributed by atoms with Crippen LogP contribution in [0.15, 0.2) is 65.7 Å². The topological polar surface area (TPSA) is 74.1 Å². The number of hydrogen-bond acceptors (Lipinski definition) is 4. The highest BCUT2D eigenvalue weighted by Crippen LogP contribution is 2.29. The van der Waals surface area contributed by atoms with Crippen LogP contribution in [0.25, 0.3) is 11.3 Å². The van der Waals surface area contributed by atoms with E-state index in [0.29, 0.717) is 16.9 Å². The third kappa shape index (κ3) is 3.69. The van der Waals surface area contributed by atoms with Crippen molar-refractivity contribution in [3.8, 4) is 17.3 Å². The fourth-order valence-corrected chi connectivity index (χ4v) is 3.90. The SMILES string of the molecule is Cc1ccc(S(=O)(=O)N(C)c2ccc(C)c(-c3ccc(C#N)cn3)c2)cc1. The Hall–Kier alpha value is -3.17. The summed E-state index contributed by atoms with van der Waals surface area (Å²) in [6.45, 7) is 3.85. The van der Waals surface area contributed by atoms with Gasteiger partial charge >= 0.3 is 0 Å². The number of nitriles is 1. The molecule has 0 aliphatic rings. The van der Waals surface area contributed by atoms with Gasteiger partial charge in [-0.15, -0.1) is 0 Å². The minimum atomic E-state index is -3.66. The molecule has 0 N–H and O–H groups in total. The van der Waals surface area contributed by atoms with E-state index in [-0.39, 0.29) is 4.90 Å². The van der Waals surface area contributed by atoms with Gasteiger partial charge in [-0.1, -0.05) is 23.8 Å². The Morgan fingerprint density at radius 2 is 1.70 bits per heavy atom. The van der Waals surface area contributed by atoms with Gasteiger partial charge in [-0.05, 0) is 55.8 Å². The molecule has 0 amide bonds. The molecule has 5 nitrogen and oxygen atoms in total. The molecular formula is C21H19N3O2S. The normalized spacial score (nSPS) is 11.0. The molecule has 0 radical (unpaired) electrons. The van der Waals surface area contributed by atoms with Crippen LogP contribution < -0.4 is 4.31 Å². The Morgan fingerprint density at radius 3 is 2.30 bits per heavy atom. The lowest BCUT2D eigenvalue weighted by Gasteiger charge is -2.21. The van der Waals surface area contributed by atoms with Crippen LogP contribution >= 0.6 is 0 Å². The van der Waals surface area contributed by atoms with E-state index < -0.39 is 10.0 Å². The van der Waals surface area contributed by atoms with Gasteiger partial charge in [-0.25, -0.2) is 8.42 Å². The molecule has 2 aromatic carbocycles. The van der Waals surface area contributed by atoms with Gasteiger partial charge in [0.05, 0.1) is 21.8 Å².